The lowest BCUT2D eigenvalue weighted by atomic mass is 9.62. The first-order valence-electron chi connectivity index (χ1n) is 9.18. The summed E-state index contributed by atoms with van der Waals surface area (Å²) in [5, 5.41) is 0. The molecule has 1 heterocycles. The van der Waals surface area contributed by atoms with Crippen molar-refractivity contribution in [2.45, 2.75) is 85.1 Å². The Morgan fingerprint density at radius 3 is 2.24 bits per heavy atom. The molecule has 124 valence electrons. The van der Waals surface area contributed by atoms with E-state index in [1.807, 2.05) is 0 Å². The quantitative estimate of drug-likeness (QED) is 0.816. The molecule has 2 unspecified atom stereocenters. The summed E-state index contributed by atoms with van der Waals surface area (Å²) in [6.45, 7) is 15.5. The molecular formula is C19H38N2. The summed E-state index contributed by atoms with van der Waals surface area (Å²) in [7, 11) is 0. The zero-order chi connectivity index (χ0) is 15.7. The van der Waals surface area contributed by atoms with E-state index in [9.17, 15) is 0 Å². The van der Waals surface area contributed by atoms with Crippen LogP contribution in [0.1, 0.15) is 79.6 Å². The maximum absolute atomic E-state index is 6.37. The molecule has 0 radical (unpaired) electrons. The van der Waals surface area contributed by atoms with Crippen LogP contribution in [-0.2, 0) is 0 Å². The van der Waals surface area contributed by atoms with E-state index in [0.29, 0.717) is 10.8 Å². The molecule has 0 aromatic heterocycles. The summed E-state index contributed by atoms with van der Waals surface area (Å²) in [4.78, 5) is 2.80. The number of hydrogen-bond acceptors (Lipinski definition) is 2. The molecule has 0 spiro atoms. The van der Waals surface area contributed by atoms with Gasteiger partial charge in [0, 0.05) is 12.1 Å². The Hall–Kier alpha value is -0.0800. The number of likely N-dealkylation sites (tertiary alicyclic amines) is 1. The van der Waals surface area contributed by atoms with Crippen molar-refractivity contribution in [3.05, 3.63) is 0 Å². The monoisotopic (exact) mass is 294 g/mol. The lowest BCUT2D eigenvalue weighted by Crippen LogP contribution is -2.64. The van der Waals surface area contributed by atoms with Gasteiger partial charge in [0.1, 0.15) is 0 Å². The second kappa shape index (κ2) is 6.20. The van der Waals surface area contributed by atoms with Crippen molar-refractivity contribution < 1.29 is 0 Å². The highest BCUT2D eigenvalue weighted by molar-refractivity contribution is 5.05. The summed E-state index contributed by atoms with van der Waals surface area (Å²) < 4.78 is 0. The highest BCUT2D eigenvalue weighted by Crippen LogP contribution is 2.48. The van der Waals surface area contributed by atoms with Gasteiger partial charge >= 0.3 is 0 Å². The molecule has 1 saturated carbocycles. The van der Waals surface area contributed by atoms with Gasteiger partial charge in [-0.1, -0.05) is 47.5 Å². The fraction of sp³-hybridized carbons (Fsp3) is 1.00. The minimum atomic E-state index is 0.248. The van der Waals surface area contributed by atoms with Gasteiger partial charge in [-0.05, 0) is 61.9 Å². The first kappa shape index (κ1) is 17.3. The average molecular weight is 295 g/mol. The lowest BCUT2D eigenvalue weighted by Gasteiger charge is -2.56. The molecule has 1 aliphatic heterocycles. The molecule has 2 aliphatic rings. The molecule has 1 saturated heterocycles. The van der Waals surface area contributed by atoms with Crippen LogP contribution in [0.3, 0.4) is 0 Å². The van der Waals surface area contributed by atoms with E-state index in [1.54, 1.807) is 0 Å². The van der Waals surface area contributed by atoms with Crippen LogP contribution in [0.15, 0.2) is 0 Å². The van der Waals surface area contributed by atoms with Gasteiger partial charge in [0.15, 0.2) is 0 Å². The van der Waals surface area contributed by atoms with Crippen LogP contribution < -0.4 is 5.73 Å². The van der Waals surface area contributed by atoms with Crippen molar-refractivity contribution >= 4 is 0 Å². The zero-order valence-electron chi connectivity index (χ0n) is 15.2. The van der Waals surface area contributed by atoms with Gasteiger partial charge in [0.25, 0.3) is 0 Å². The van der Waals surface area contributed by atoms with Crippen LogP contribution >= 0.6 is 0 Å². The van der Waals surface area contributed by atoms with Crippen LogP contribution in [0, 0.1) is 16.7 Å². The second-order valence-electron chi connectivity index (χ2n) is 9.31. The molecule has 2 heteroatoms. The van der Waals surface area contributed by atoms with E-state index < -0.39 is 0 Å². The Morgan fingerprint density at radius 2 is 1.67 bits per heavy atom. The van der Waals surface area contributed by atoms with Gasteiger partial charge in [0.2, 0.25) is 0 Å². The van der Waals surface area contributed by atoms with Gasteiger partial charge in [-0.3, -0.25) is 4.90 Å². The van der Waals surface area contributed by atoms with E-state index in [4.69, 9.17) is 5.73 Å². The van der Waals surface area contributed by atoms with Crippen molar-refractivity contribution in [2.75, 3.05) is 19.6 Å². The maximum atomic E-state index is 6.37. The molecular weight excluding hydrogens is 256 g/mol. The molecule has 0 amide bonds. The third kappa shape index (κ3) is 3.32. The van der Waals surface area contributed by atoms with Crippen molar-refractivity contribution in [3.63, 3.8) is 0 Å². The fourth-order valence-corrected chi connectivity index (χ4v) is 5.04. The van der Waals surface area contributed by atoms with E-state index in [1.165, 1.54) is 58.0 Å². The fourth-order valence-electron chi connectivity index (χ4n) is 5.04. The van der Waals surface area contributed by atoms with E-state index in [-0.39, 0.29) is 5.54 Å². The largest absolute Gasteiger partial charge is 0.329 e. The van der Waals surface area contributed by atoms with Gasteiger partial charge in [0.05, 0.1) is 0 Å². The highest BCUT2D eigenvalue weighted by atomic mass is 15.2. The summed E-state index contributed by atoms with van der Waals surface area (Å²) in [5.41, 5.74) is 7.44. The molecule has 1 aliphatic carbocycles. The topological polar surface area (TPSA) is 29.3 Å². The average Bonchev–Trinajstić information content (AvgIpc) is 2.64. The minimum absolute atomic E-state index is 0.248. The minimum Gasteiger partial charge on any atom is -0.329 e. The summed E-state index contributed by atoms with van der Waals surface area (Å²) in [6.07, 6.45) is 9.47. The van der Waals surface area contributed by atoms with Gasteiger partial charge in [-0.25, -0.2) is 0 Å². The molecule has 2 rings (SSSR count). The highest BCUT2D eigenvalue weighted by Gasteiger charge is 2.49. The molecule has 2 nitrogen and oxygen atoms in total. The zero-order valence-corrected chi connectivity index (χ0v) is 15.2. The van der Waals surface area contributed by atoms with Crippen LogP contribution in [0.5, 0.6) is 0 Å². The van der Waals surface area contributed by atoms with Crippen molar-refractivity contribution in [3.8, 4) is 0 Å². The van der Waals surface area contributed by atoms with Gasteiger partial charge < -0.3 is 5.73 Å². The summed E-state index contributed by atoms with van der Waals surface area (Å²) in [5.74, 6) is 0.865. The molecule has 2 atom stereocenters. The van der Waals surface area contributed by atoms with E-state index >= 15 is 0 Å². The molecule has 2 N–H and O–H groups in total. The molecule has 2 fully saturated rings. The predicted molar refractivity (Wildman–Crippen MR) is 92.4 cm³/mol. The second-order valence-corrected chi connectivity index (χ2v) is 9.31. The molecule has 0 bridgehead atoms. The van der Waals surface area contributed by atoms with Crippen molar-refractivity contribution in [2.24, 2.45) is 22.5 Å². The Labute approximate surface area is 132 Å². The number of hydrogen-bond donors (Lipinski definition) is 1. The molecule has 21 heavy (non-hydrogen) atoms. The van der Waals surface area contributed by atoms with Crippen molar-refractivity contribution in [1.82, 2.24) is 4.90 Å². The number of rotatable bonds is 2. The third-order valence-electron chi connectivity index (χ3n) is 6.80. The summed E-state index contributed by atoms with van der Waals surface area (Å²) >= 11 is 0. The number of nitrogens with zero attached hydrogens (tertiary/aromatic N) is 1. The summed E-state index contributed by atoms with van der Waals surface area (Å²) in [6, 6.07) is 0. The Kier molecular flexibility index (Phi) is 5.10. The Bertz CT molecular complexity index is 342. The van der Waals surface area contributed by atoms with E-state index in [2.05, 4.69) is 39.5 Å². The smallest absolute Gasteiger partial charge is 0.0382 e. The first-order valence-corrected chi connectivity index (χ1v) is 9.18. The van der Waals surface area contributed by atoms with Gasteiger partial charge in [-0.2, -0.15) is 0 Å². The third-order valence-corrected chi connectivity index (χ3v) is 6.80. The number of nitrogens with two attached hydrogens (primary N) is 1. The van der Waals surface area contributed by atoms with Crippen LogP contribution in [0.2, 0.25) is 0 Å². The Morgan fingerprint density at radius 1 is 1.00 bits per heavy atom. The first-order chi connectivity index (χ1) is 9.73. The normalized spacial score (nSPS) is 35.4. The van der Waals surface area contributed by atoms with Gasteiger partial charge in [-0.15, -0.1) is 0 Å². The van der Waals surface area contributed by atoms with Crippen molar-refractivity contribution in [1.29, 1.82) is 0 Å². The van der Waals surface area contributed by atoms with Crippen LogP contribution in [0.4, 0.5) is 0 Å². The standard InChI is InChI=1S/C19H38N2/c1-17(2,3)16-9-8-13-21(14-10-16)19(15-20)12-7-6-11-18(19,4)5/h16H,6-15,20H2,1-5H3. The van der Waals surface area contributed by atoms with Crippen LogP contribution in [0.25, 0.3) is 0 Å². The lowest BCUT2D eigenvalue weighted by molar-refractivity contribution is -0.0433. The molecule has 0 aromatic rings. The maximum Gasteiger partial charge on any atom is 0.0382 e. The van der Waals surface area contributed by atoms with Crippen LogP contribution in [-0.4, -0.2) is 30.1 Å². The SMILES string of the molecule is CC(C)(C)C1CCCN(C2(CN)CCCCC2(C)C)CC1. The van der Waals surface area contributed by atoms with E-state index in [0.717, 1.165) is 12.5 Å². The predicted octanol–water partition coefficient (Wildman–Crippen LogP) is 4.43. The Balaban J connectivity index is 2.16. The molecule has 0 aromatic carbocycles.